The molecule has 0 radical (unpaired) electrons. The number of rotatable bonds is 4. The molecule has 0 saturated heterocycles. The Balaban J connectivity index is 1.67. The van der Waals surface area contributed by atoms with E-state index < -0.39 is 0 Å². The summed E-state index contributed by atoms with van der Waals surface area (Å²) in [5.74, 6) is 3.86. The van der Waals surface area contributed by atoms with Crippen LogP contribution in [0.4, 0.5) is 0 Å². The molecule has 0 aromatic carbocycles. The van der Waals surface area contributed by atoms with Crippen LogP contribution in [0.1, 0.15) is 78.1 Å². The van der Waals surface area contributed by atoms with Crippen LogP contribution in [-0.4, -0.2) is 0 Å². The van der Waals surface area contributed by atoms with Gasteiger partial charge in [0, 0.05) is 0 Å². The monoisotopic (exact) mass is 248 g/mol. The first-order valence-electron chi connectivity index (χ1n) is 8.46. The first-order chi connectivity index (χ1) is 8.78. The summed E-state index contributed by atoms with van der Waals surface area (Å²) >= 11 is 0. The third-order valence-electron chi connectivity index (χ3n) is 5.30. The van der Waals surface area contributed by atoms with Gasteiger partial charge in [0.25, 0.3) is 0 Å². The molecule has 0 N–H and O–H groups in total. The molecular weight excluding hydrogens is 216 g/mol. The van der Waals surface area contributed by atoms with Crippen LogP contribution in [0.3, 0.4) is 0 Å². The molecule has 0 heterocycles. The first kappa shape index (κ1) is 14.2. The molecule has 2 fully saturated rings. The van der Waals surface area contributed by atoms with Gasteiger partial charge in [0.1, 0.15) is 0 Å². The molecule has 0 heteroatoms. The second kappa shape index (κ2) is 7.36. The third-order valence-corrected chi connectivity index (χ3v) is 5.30. The maximum atomic E-state index is 2.59. The molecule has 0 unspecified atom stereocenters. The average Bonchev–Trinajstić information content (AvgIpc) is 2.40. The third kappa shape index (κ3) is 4.44. The van der Waals surface area contributed by atoms with Gasteiger partial charge in [0.05, 0.1) is 0 Å². The molecule has 2 rings (SSSR count). The summed E-state index contributed by atoms with van der Waals surface area (Å²) in [7, 11) is 0. The lowest BCUT2D eigenvalue weighted by Gasteiger charge is -2.27. The zero-order valence-electron chi connectivity index (χ0n) is 12.5. The van der Waals surface area contributed by atoms with Gasteiger partial charge in [-0.15, -0.1) is 0 Å². The summed E-state index contributed by atoms with van der Waals surface area (Å²) in [5.41, 5.74) is 0. The highest BCUT2D eigenvalue weighted by Crippen LogP contribution is 2.34. The maximum Gasteiger partial charge on any atom is -0.0233 e. The molecule has 0 amide bonds. The molecule has 0 nitrogen and oxygen atoms in total. The summed E-state index contributed by atoms with van der Waals surface area (Å²) in [6, 6.07) is 0. The van der Waals surface area contributed by atoms with Gasteiger partial charge in [0.2, 0.25) is 0 Å². The van der Waals surface area contributed by atoms with E-state index in [1.54, 1.807) is 0 Å². The molecule has 0 aromatic rings. The average molecular weight is 248 g/mol. The van der Waals surface area contributed by atoms with E-state index in [4.69, 9.17) is 0 Å². The summed E-state index contributed by atoms with van der Waals surface area (Å²) in [6.07, 6.45) is 19.7. The van der Waals surface area contributed by atoms with Crippen LogP contribution in [0.2, 0.25) is 0 Å². The van der Waals surface area contributed by atoms with Crippen LogP contribution in [0.5, 0.6) is 0 Å². The Morgan fingerprint density at radius 1 is 0.778 bits per heavy atom. The molecule has 0 bridgehead atoms. The minimum Gasteiger partial charge on any atom is -0.0851 e. The van der Waals surface area contributed by atoms with Crippen molar-refractivity contribution in [1.29, 1.82) is 0 Å². The molecule has 2 saturated carbocycles. The van der Waals surface area contributed by atoms with E-state index in [-0.39, 0.29) is 0 Å². The molecule has 0 aliphatic heterocycles. The lowest BCUT2D eigenvalue weighted by molar-refractivity contribution is 0.291. The molecule has 0 aromatic heterocycles. The second-order valence-electron chi connectivity index (χ2n) is 6.97. The molecular formula is C18H32. The van der Waals surface area contributed by atoms with Crippen molar-refractivity contribution in [3.8, 4) is 0 Å². The topological polar surface area (TPSA) is 0 Å². The smallest absolute Gasteiger partial charge is 0.0233 e. The van der Waals surface area contributed by atoms with Crippen LogP contribution in [-0.2, 0) is 0 Å². The Hall–Kier alpha value is -0.260. The summed E-state index contributed by atoms with van der Waals surface area (Å²) in [6.45, 7) is 4.74. The van der Waals surface area contributed by atoms with Gasteiger partial charge in [0.15, 0.2) is 0 Å². The van der Waals surface area contributed by atoms with E-state index in [0.717, 1.165) is 23.7 Å². The minimum absolute atomic E-state index is 0.912. The van der Waals surface area contributed by atoms with Gasteiger partial charge in [-0.05, 0) is 62.2 Å². The van der Waals surface area contributed by atoms with Crippen LogP contribution >= 0.6 is 0 Å². The summed E-state index contributed by atoms with van der Waals surface area (Å²) in [4.78, 5) is 0. The fourth-order valence-corrected chi connectivity index (χ4v) is 3.87. The van der Waals surface area contributed by atoms with Crippen molar-refractivity contribution in [2.75, 3.05) is 0 Å². The predicted molar refractivity (Wildman–Crippen MR) is 80.6 cm³/mol. The quantitative estimate of drug-likeness (QED) is 0.537. The van der Waals surface area contributed by atoms with Gasteiger partial charge < -0.3 is 0 Å². The lowest BCUT2D eigenvalue weighted by Crippen LogP contribution is -2.14. The van der Waals surface area contributed by atoms with Crippen LogP contribution in [0.25, 0.3) is 0 Å². The normalized spacial score (nSPS) is 38.1. The van der Waals surface area contributed by atoms with Gasteiger partial charge in [-0.3, -0.25) is 0 Å². The summed E-state index contributed by atoms with van der Waals surface area (Å²) in [5, 5.41) is 0. The fourth-order valence-electron chi connectivity index (χ4n) is 3.87. The van der Waals surface area contributed by atoms with E-state index >= 15 is 0 Å². The molecule has 0 spiro atoms. The van der Waals surface area contributed by atoms with Gasteiger partial charge in [-0.25, -0.2) is 0 Å². The highest BCUT2D eigenvalue weighted by Gasteiger charge is 2.20. The van der Waals surface area contributed by atoms with Crippen molar-refractivity contribution in [3.05, 3.63) is 12.2 Å². The Morgan fingerprint density at radius 3 is 1.78 bits per heavy atom. The second-order valence-corrected chi connectivity index (χ2v) is 6.97. The van der Waals surface area contributed by atoms with Crippen molar-refractivity contribution in [2.24, 2.45) is 23.7 Å². The maximum absolute atomic E-state index is 2.59. The highest BCUT2D eigenvalue weighted by atomic mass is 14.3. The Morgan fingerprint density at radius 2 is 1.28 bits per heavy atom. The van der Waals surface area contributed by atoms with Crippen molar-refractivity contribution in [1.82, 2.24) is 0 Å². The zero-order chi connectivity index (χ0) is 12.8. The van der Waals surface area contributed by atoms with Crippen molar-refractivity contribution in [2.45, 2.75) is 78.1 Å². The number of allylic oxidation sites excluding steroid dienone is 2. The van der Waals surface area contributed by atoms with Crippen molar-refractivity contribution < 1.29 is 0 Å². The highest BCUT2D eigenvalue weighted by molar-refractivity contribution is 4.96. The minimum atomic E-state index is 0.912. The SMILES string of the molecule is CCCC1CCC(/C=C/C2CCC(C)CC2)CC1. The molecule has 2 aliphatic carbocycles. The van der Waals surface area contributed by atoms with E-state index in [0.29, 0.717) is 0 Å². The van der Waals surface area contributed by atoms with E-state index in [9.17, 15) is 0 Å². The van der Waals surface area contributed by atoms with Crippen molar-refractivity contribution >= 4 is 0 Å². The number of hydrogen-bond acceptors (Lipinski definition) is 0. The Kier molecular flexibility index (Phi) is 5.79. The largest absolute Gasteiger partial charge is 0.0851 e. The van der Waals surface area contributed by atoms with Gasteiger partial charge in [-0.2, -0.15) is 0 Å². The van der Waals surface area contributed by atoms with E-state index in [1.807, 2.05) is 0 Å². The standard InChI is InChI=1S/C18H32/c1-3-4-16-9-11-18(12-10-16)14-13-17-7-5-15(2)6-8-17/h13-18H,3-12H2,1-2H3/b14-13+. The van der Waals surface area contributed by atoms with Gasteiger partial charge >= 0.3 is 0 Å². The van der Waals surface area contributed by atoms with Crippen LogP contribution in [0.15, 0.2) is 12.2 Å². The van der Waals surface area contributed by atoms with Gasteiger partial charge in [-0.1, -0.05) is 51.7 Å². The fraction of sp³-hybridized carbons (Fsp3) is 0.889. The van der Waals surface area contributed by atoms with Crippen molar-refractivity contribution in [3.63, 3.8) is 0 Å². The Labute approximate surface area is 114 Å². The summed E-state index contributed by atoms with van der Waals surface area (Å²) < 4.78 is 0. The predicted octanol–water partition coefficient (Wildman–Crippen LogP) is 5.98. The molecule has 0 atom stereocenters. The van der Waals surface area contributed by atoms with E-state index in [2.05, 4.69) is 26.0 Å². The molecule has 104 valence electrons. The first-order valence-corrected chi connectivity index (χ1v) is 8.46. The lowest BCUT2D eigenvalue weighted by atomic mass is 9.78. The van der Waals surface area contributed by atoms with E-state index in [1.165, 1.54) is 64.2 Å². The Bertz CT molecular complexity index is 237. The zero-order valence-corrected chi connectivity index (χ0v) is 12.5. The van der Waals surface area contributed by atoms with Crippen LogP contribution < -0.4 is 0 Å². The molecule has 18 heavy (non-hydrogen) atoms. The molecule has 2 aliphatic rings. The number of hydrogen-bond donors (Lipinski definition) is 0. The van der Waals surface area contributed by atoms with Crippen LogP contribution in [0, 0.1) is 23.7 Å².